The van der Waals surface area contributed by atoms with Crippen LogP contribution in [0.25, 0.3) is 0 Å². The fraction of sp³-hybridized carbons (Fsp3) is 0.938. The quantitative estimate of drug-likeness (QED) is 0.741. The minimum Gasteiger partial charge on any atom is -0.481 e. The summed E-state index contributed by atoms with van der Waals surface area (Å²) in [5.41, 5.74) is 0.147. The van der Waals surface area contributed by atoms with Gasteiger partial charge in [0.25, 0.3) is 0 Å². The van der Waals surface area contributed by atoms with Crippen molar-refractivity contribution in [1.82, 2.24) is 5.32 Å². The van der Waals surface area contributed by atoms with Gasteiger partial charge in [0.05, 0.1) is 6.42 Å². The Labute approximate surface area is 118 Å². The zero-order valence-electron chi connectivity index (χ0n) is 13.1. The lowest BCUT2D eigenvalue weighted by atomic mass is 9.71. The highest BCUT2D eigenvalue weighted by Gasteiger charge is 2.31. The number of nitrogens with one attached hydrogen (secondary N) is 1. The highest BCUT2D eigenvalue weighted by molar-refractivity contribution is 5.67. The Morgan fingerprint density at radius 3 is 2.21 bits per heavy atom. The van der Waals surface area contributed by atoms with Crippen LogP contribution in [0.5, 0.6) is 0 Å². The van der Waals surface area contributed by atoms with Crippen LogP contribution in [0, 0.1) is 16.7 Å². The molecule has 0 spiro atoms. The molecule has 0 saturated heterocycles. The van der Waals surface area contributed by atoms with E-state index in [0.29, 0.717) is 5.41 Å². The Bertz CT molecular complexity index is 291. The van der Waals surface area contributed by atoms with Gasteiger partial charge in [-0.2, -0.15) is 0 Å². The van der Waals surface area contributed by atoms with Crippen molar-refractivity contribution < 1.29 is 9.90 Å². The molecule has 1 rings (SSSR count). The van der Waals surface area contributed by atoms with Crippen LogP contribution in [0.4, 0.5) is 0 Å². The zero-order chi connectivity index (χ0) is 14.5. The van der Waals surface area contributed by atoms with Crippen LogP contribution in [-0.4, -0.2) is 24.2 Å². The summed E-state index contributed by atoms with van der Waals surface area (Å²) in [5, 5.41) is 12.4. The molecule has 1 saturated carbocycles. The van der Waals surface area contributed by atoms with Crippen molar-refractivity contribution in [2.45, 2.75) is 66.2 Å². The second kappa shape index (κ2) is 6.74. The molecule has 0 aliphatic heterocycles. The lowest BCUT2D eigenvalue weighted by molar-refractivity contribution is -0.139. The monoisotopic (exact) mass is 269 g/mol. The molecule has 0 aromatic carbocycles. The fourth-order valence-corrected chi connectivity index (χ4v) is 3.22. The van der Waals surface area contributed by atoms with E-state index in [4.69, 9.17) is 5.11 Å². The van der Waals surface area contributed by atoms with E-state index in [-0.39, 0.29) is 11.8 Å². The molecule has 2 N–H and O–H groups in total. The lowest BCUT2D eigenvalue weighted by Gasteiger charge is -2.38. The van der Waals surface area contributed by atoms with Crippen molar-refractivity contribution in [1.29, 1.82) is 0 Å². The molecule has 0 atom stereocenters. The molecule has 1 aliphatic rings. The van der Waals surface area contributed by atoms with E-state index >= 15 is 0 Å². The van der Waals surface area contributed by atoms with Crippen LogP contribution in [-0.2, 0) is 4.79 Å². The van der Waals surface area contributed by atoms with Gasteiger partial charge in [0, 0.05) is 13.1 Å². The molecule has 0 bridgehead atoms. The van der Waals surface area contributed by atoms with Crippen LogP contribution in [0.1, 0.15) is 66.2 Å². The van der Waals surface area contributed by atoms with E-state index in [9.17, 15) is 4.79 Å². The molecular weight excluding hydrogens is 238 g/mol. The normalized spacial score (nSPS) is 18.5. The Morgan fingerprint density at radius 1 is 1.11 bits per heavy atom. The number of carboxylic acids is 1. The Hall–Kier alpha value is -0.570. The number of aliphatic carboxylic acids is 1. The summed E-state index contributed by atoms with van der Waals surface area (Å²) in [6.45, 7) is 10.5. The van der Waals surface area contributed by atoms with Crippen molar-refractivity contribution in [2.75, 3.05) is 13.1 Å². The summed E-state index contributed by atoms with van der Waals surface area (Å²) >= 11 is 0. The van der Waals surface area contributed by atoms with Crippen LogP contribution >= 0.6 is 0 Å². The first-order valence-electron chi connectivity index (χ1n) is 7.65. The van der Waals surface area contributed by atoms with Crippen LogP contribution in [0.15, 0.2) is 0 Å². The van der Waals surface area contributed by atoms with E-state index in [1.54, 1.807) is 0 Å². The van der Waals surface area contributed by atoms with Crippen molar-refractivity contribution >= 4 is 5.97 Å². The maximum absolute atomic E-state index is 10.8. The number of carbonyl (C=O) groups is 1. The molecule has 0 radical (unpaired) electrons. The summed E-state index contributed by atoms with van der Waals surface area (Å²) in [6.07, 6.45) is 7.08. The number of hydrogen-bond acceptors (Lipinski definition) is 2. The standard InChI is InChI=1S/C16H31NO2/c1-15(2,10-14(18)19)11-17-12-16(3,4)13-8-6-5-7-9-13/h13,17H,5-12H2,1-4H3,(H,18,19). The van der Waals surface area contributed by atoms with Gasteiger partial charge in [-0.3, -0.25) is 4.79 Å². The van der Waals surface area contributed by atoms with E-state index in [2.05, 4.69) is 19.2 Å². The Kier molecular flexibility index (Phi) is 5.84. The third-order valence-corrected chi connectivity index (χ3v) is 4.52. The average molecular weight is 269 g/mol. The van der Waals surface area contributed by atoms with Gasteiger partial charge in [-0.25, -0.2) is 0 Å². The van der Waals surface area contributed by atoms with Gasteiger partial charge in [-0.1, -0.05) is 47.0 Å². The predicted octanol–water partition coefficient (Wildman–Crippen LogP) is 3.68. The number of hydrogen-bond donors (Lipinski definition) is 2. The zero-order valence-corrected chi connectivity index (χ0v) is 13.1. The molecule has 1 fully saturated rings. The highest BCUT2D eigenvalue weighted by atomic mass is 16.4. The average Bonchev–Trinajstić information content (AvgIpc) is 2.27. The van der Waals surface area contributed by atoms with Crippen molar-refractivity contribution in [3.63, 3.8) is 0 Å². The van der Waals surface area contributed by atoms with Crippen molar-refractivity contribution in [2.24, 2.45) is 16.7 Å². The smallest absolute Gasteiger partial charge is 0.303 e. The predicted molar refractivity (Wildman–Crippen MR) is 79.3 cm³/mol. The fourth-order valence-electron chi connectivity index (χ4n) is 3.22. The number of rotatable bonds is 7. The molecule has 0 unspecified atom stereocenters. The molecule has 112 valence electrons. The van der Waals surface area contributed by atoms with Crippen molar-refractivity contribution in [3.8, 4) is 0 Å². The second-order valence-electron chi connectivity index (χ2n) is 7.66. The van der Waals surface area contributed by atoms with Gasteiger partial charge in [0.2, 0.25) is 0 Å². The Morgan fingerprint density at radius 2 is 1.68 bits per heavy atom. The lowest BCUT2D eigenvalue weighted by Crippen LogP contribution is -2.40. The molecule has 19 heavy (non-hydrogen) atoms. The van der Waals surface area contributed by atoms with Gasteiger partial charge in [-0.05, 0) is 29.6 Å². The van der Waals surface area contributed by atoms with E-state index in [0.717, 1.165) is 19.0 Å². The molecule has 0 aromatic heterocycles. The van der Waals surface area contributed by atoms with Crippen LogP contribution in [0.2, 0.25) is 0 Å². The first kappa shape index (κ1) is 16.5. The maximum Gasteiger partial charge on any atom is 0.303 e. The minimum absolute atomic E-state index is 0.172. The Balaban J connectivity index is 2.36. The van der Waals surface area contributed by atoms with Crippen LogP contribution in [0.3, 0.4) is 0 Å². The van der Waals surface area contributed by atoms with Crippen molar-refractivity contribution in [3.05, 3.63) is 0 Å². The minimum atomic E-state index is -0.710. The summed E-state index contributed by atoms with van der Waals surface area (Å²) in [7, 11) is 0. The SMILES string of the molecule is CC(C)(CNCC(C)(C)C1CCCCC1)CC(=O)O. The molecule has 1 aliphatic carbocycles. The van der Waals surface area contributed by atoms with Gasteiger partial charge in [0.15, 0.2) is 0 Å². The molecule has 0 heterocycles. The van der Waals surface area contributed by atoms with Crippen LogP contribution < -0.4 is 5.32 Å². The van der Waals surface area contributed by atoms with E-state index in [1.807, 2.05) is 13.8 Å². The van der Waals surface area contributed by atoms with Gasteiger partial charge >= 0.3 is 5.97 Å². The third kappa shape index (κ3) is 5.94. The van der Waals surface area contributed by atoms with Gasteiger partial charge in [-0.15, -0.1) is 0 Å². The molecule has 3 heteroatoms. The molecule has 0 amide bonds. The van der Waals surface area contributed by atoms with Gasteiger partial charge < -0.3 is 10.4 Å². The topological polar surface area (TPSA) is 49.3 Å². The largest absolute Gasteiger partial charge is 0.481 e. The molecule has 3 nitrogen and oxygen atoms in total. The first-order chi connectivity index (χ1) is 8.73. The molecule has 0 aromatic rings. The summed E-state index contributed by atoms with van der Waals surface area (Å²) in [5.74, 6) is 0.106. The first-order valence-corrected chi connectivity index (χ1v) is 7.65. The summed E-state index contributed by atoms with van der Waals surface area (Å²) in [4.78, 5) is 10.8. The number of carboxylic acid groups (broad SMARTS) is 1. The third-order valence-electron chi connectivity index (χ3n) is 4.52. The van der Waals surface area contributed by atoms with Gasteiger partial charge in [0.1, 0.15) is 0 Å². The summed E-state index contributed by atoms with van der Waals surface area (Å²) < 4.78 is 0. The maximum atomic E-state index is 10.8. The second-order valence-corrected chi connectivity index (χ2v) is 7.66. The highest BCUT2D eigenvalue weighted by Crippen LogP contribution is 2.37. The van der Waals surface area contributed by atoms with E-state index < -0.39 is 5.97 Å². The summed E-state index contributed by atoms with van der Waals surface area (Å²) in [6, 6.07) is 0. The molecular formula is C16H31NO2. The van der Waals surface area contributed by atoms with E-state index in [1.165, 1.54) is 32.1 Å².